The van der Waals surface area contributed by atoms with E-state index in [0.29, 0.717) is 6.61 Å². The van der Waals surface area contributed by atoms with Crippen LogP contribution in [0.2, 0.25) is 0 Å². The summed E-state index contributed by atoms with van der Waals surface area (Å²) in [5.74, 6) is 0. The number of hydrogen-bond donors (Lipinski definition) is 0. The zero-order chi connectivity index (χ0) is 17.2. The van der Waals surface area contributed by atoms with Gasteiger partial charge in [-0.15, -0.1) is 0 Å². The lowest BCUT2D eigenvalue weighted by Gasteiger charge is -2.21. The summed E-state index contributed by atoms with van der Waals surface area (Å²) in [6, 6.07) is 20.1. The predicted molar refractivity (Wildman–Crippen MR) is 108 cm³/mol. The third-order valence-electron chi connectivity index (χ3n) is 3.24. The van der Waals surface area contributed by atoms with E-state index in [1.807, 2.05) is 79.5 Å². The Morgan fingerprint density at radius 3 is 2.04 bits per heavy atom. The highest BCUT2D eigenvalue weighted by atomic mass is 127. The number of hydrogen-bond acceptors (Lipinski definition) is 4. The zero-order valence-electron chi connectivity index (χ0n) is 14.0. The van der Waals surface area contributed by atoms with Gasteiger partial charge in [0.2, 0.25) is 0 Å². The second-order valence-electron chi connectivity index (χ2n) is 5.13. The van der Waals surface area contributed by atoms with Gasteiger partial charge in [0.1, 0.15) is 0 Å². The van der Waals surface area contributed by atoms with Crippen LogP contribution in [0.25, 0.3) is 0 Å². The van der Waals surface area contributed by atoms with Crippen LogP contribution < -0.4 is 5.01 Å². The molecule has 0 aliphatic heterocycles. The maximum absolute atomic E-state index is 5.86. The maximum atomic E-state index is 5.86. The third kappa shape index (κ3) is 5.89. The Hall–Kier alpha value is -1.44. The zero-order valence-corrected chi connectivity index (χ0v) is 16.2. The van der Waals surface area contributed by atoms with E-state index in [1.165, 1.54) is 0 Å². The van der Waals surface area contributed by atoms with Crippen LogP contribution in [-0.4, -0.2) is 29.6 Å². The highest BCUT2D eigenvalue weighted by Gasteiger charge is 2.12. The summed E-state index contributed by atoms with van der Waals surface area (Å²) < 4.78 is 12.2. The molecule has 2 aromatic carbocycles. The van der Waals surface area contributed by atoms with Gasteiger partial charge in [0.05, 0.1) is 28.1 Å². The van der Waals surface area contributed by atoms with Gasteiger partial charge in [-0.1, -0.05) is 59.0 Å². The van der Waals surface area contributed by atoms with Crippen LogP contribution in [0.5, 0.6) is 0 Å². The second-order valence-corrected chi connectivity index (χ2v) is 6.01. The van der Waals surface area contributed by atoms with Crippen molar-refractivity contribution >= 4 is 40.2 Å². The molecule has 0 radical (unpaired) electrons. The average Bonchev–Trinajstić information content (AvgIpc) is 2.63. The number of alkyl halides is 1. The van der Waals surface area contributed by atoms with Crippen LogP contribution in [0.3, 0.4) is 0 Å². The number of halogens is 1. The molecule has 0 saturated heterocycles. The van der Waals surface area contributed by atoms with Crippen LogP contribution in [0, 0.1) is 0 Å². The molecule has 0 aliphatic carbocycles. The van der Waals surface area contributed by atoms with E-state index in [0.717, 1.165) is 15.8 Å². The highest BCUT2D eigenvalue weighted by Crippen LogP contribution is 2.25. The first kappa shape index (κ1) is 18.9. The summed E-state index contributed by atoms with van der Waals surface area (Å²) in [7, 11) is 0. The topological polar surface area (TPSA) is 34.1 Å². The molecule has 2 atom stereocenters. The Bertz CT molecular complexity index is 568. The first-order chi connectivity index (χ1) is 11.7. The molecule has 0 amide bonds. The van der Waals surface area contributed by atoms with Gasteiger partial charge in [0.25, 0.3) is 0 Å². The molecule has 0 N–H and O–H groups in total. The van der Waals surface area contributed by atoms with Crippen LogP contribution in [0.1, 0.15) is 13.8 Å². The molecule has 0 bridgehead atoms. The van der Waals surface area contributed by atoms with Gasteiger partial charge in [0, 0.05) is 6.61 Å². The molecule has 0 spiro atoms. The minimum absolute atomic E-state index is 0.147. The summed E-state index contributed by atoms with van der Waals surface area (Å²) in [6.07, 6.45) is 1.45. The number of hydrazone groups is 1. The molecule has 0 heterocycles. The van der Waals surface area contributed by atoms with E-state index in [1.54, 1.807) is 6.21 Å². The number of anilines is 2. The van der Waals surface area contributed by atoms with Crippen molar-refractivity contribution in [1.29, 1.82) is 0 Å². The molecule has 1 unspecified atom stereocenters. The van der Waals surface area contributed by atoms with Crippen molar-refractivity contribution < 1.29 is 9.47 Å². The molecule has 0 aliphatic rings. The quantitative estimate of drug-likeness (QED) is 0.181. The minimum atomic E-state index is -0.209. The van der Waals surface area contributed by atoms with Gasteiger partial charge in [0.15, 0.2) is 6.29 Å². The first-order valence-electron chi connectivity index (χ1n) is 8.02. The largest absolute Gasteiger partial charge is 0.352 e. The van der Waals surface area contributed by atoms with Crippen molar-refractivity contribution in [3.05, 3.63) is 60.7 Å². The van der Waals surface area contributed by atoms with Crippen LogP contribution in [0.15, 0.2) is 65.8 Å². The van der Waals surface area contributed by atoms with Gasteiger partial charge in [-0.3, -0.25) is 0 Å². The number of nitrogens with zero attached hydrogens (tertiary/aromatic N) is 2. The minimum Gasteiger partial charge on any atom is -0.352 e. The molecule has 5 heteroatoms. The van der Waals surface area contributed by atoms with Crippen LogP contribution in [-0.2, 0) is 9.47 Å². The molecule has 4 nitrogen and oxygen atoms in total. The molecular weight excluding hydrogens is 415 g/mol. The summed E-state index contributed by atoms with van der Waals surface area (Å²) in [6.45, 7) is 4.57. The fraction of sp³-hybridized carbons (Fsp3) is 0.316. The van der Waals surface area contributed by atoms with E-state index in [4.69, 9.17) is 9.47 Å². The van der Waals surface area contributed by atoms with Crippen molar-refractivity contribution in [1.82, 2.24) is 0 Å². The lowest BCUT2D eigenvalue weighted by Crippen LogP contribution is -2.26. The number of ether oxygens (including phenoxy) is 2. The number of rotatable bonds is 9. The van der Waals surface area contributed by atoms with E-state index in [2.05, 4.69) is 27.7 Å². The summed E-state index contributed by atoms with van der Waals surface area (Å²) >= 11 is 2.26. The monoisotopic (exact) mass is 438 g/mol. The molecule has 0 aromatic heterocycles. The normalized spacial score (nSPS) is 13.8. The van der Waals surface area contributed by atoms with Crippen molar-refractivity contribution in [2.24, 2.45) is 5.10 Å². The van der Waals surface area contributed by atoms with E-state index in [-0.39, 0.29) is 12.4 Å². The Morgan fingerprint density at radius 2 is 1.58 bits per heavy atom. The number of para-hydroxylation sites is 2. The third-order valence-corrected chi connectivity index (χ3v) is 3.96. The van der Waals surface area contributed by atoms with Gasteiger partial charge in [-0.05, 0) is 38.1 Å². The van der Waals surface area contributed by atoms with Gasteiger partial charge < -0.3 is 9.47 Å². The Kier molecular flexibility index (Phi) is 8.21. The standard InChI is InChI=1S/C19H23IN2O2/c1-3-23-19(14-20)24-16(2)15-21-22(17-10-6-4-7-11-17)18-12-8-5-9-13-18/h4-13,15-16,19H,3,14H2,1-2H3/b21-15+/t16-,19?/m0/s1. The van der Waals surface area contributed by atoms with Crippen LogP contribution >= 0.6 is 22.6 Å². The second kappa shape index (κ2) is 10.4. The van der Waals surface area contributed by atoms with Crippen molar-refractivity contribution in [2.75, 3.05) is 16.0 Å². The van der Waals surface area contributed by atoms with E-state index < -0.39 is 0 Å². The van der Waals surface area contributed by atoms with Gasteiger partial charge in [-0.2, -0.15) is 5.10 Å². The Labute approximate surface area is 157 Å². The number of benzene rings is 2. The molecule has 0 saturated carbocycles. The molecule has 0 fully saturated rings. The SMILES string of the molecule is CCOC(CI)O[C@@H](C)/C=N/N(c1ccccc1)c1ccccc1. The Morgan fingerprint density at radius 1 is 1.04 bits per heavy atom. The van der Waals surface area contributed by atoms with Gasteiger partial charge in [-0.25, -0.2) is 5.01 Å². The maximum Gasteiger partial charge on any atom is 0.167 e. The molecule has 2 rings (SSSR count). The van der Waals surface area contributed by atoms with Crippen LogP contribution in [0.4, 0.5) is 11.4 Å². The van der Waals surface area contributed by atoms with Crippen molar-refractivity contribution in [3.8, 4) is 0 Å². The molecular formula is C19H23IN2O2. The average molecular weight is 438 g/mol. The van der Waals surface area contributed by atoms with Crippen molar-refractivity contribution in [3.63, 3.8) is 0 Å². The Balaban J connectivity index is 2.14. The molecule has 2 aromatic rings. The predicted octanol–water partition coefficient (Wildman–Crippen LogP) is 5.01. The lowest BCUT2D eigenvalue weighted by atomic mass is 10.2. The fourth-order valence-corrected chi connectivity index (χ4v) is 2.62. The van der Waals surface area contributed by atoms with E-state index >= 15 is 0 Å². The van der Waals surface area contributed by atoms with E-state index in [9.17, 15) is 0 Å². The van der Waals surface area contributed by atoms with Gasteiger partial charge >= 0.3 is 0 Å². The first-order valence-corrected chi connectivity index (χ1v) is 9.54. The van der Waals surface area contributed by atoms with Crippen molar-refractivity contribution in [2.45, 2.75) is 26.2 Å². The highest BCUT2D eigenvalue weighted by molar-refractivity contribution is 14.1. The lowest BCUT2D eigenvalue weighted by molar-refractivity contribution is -0.131. The molecule has 128 valence electrons. The fourth-order valence-electron chi connectivity index (χ4n) is 2.16. The summed E-state index contributed by atoms with van der Waals surface area (Å²) in [4.78, 5) is 0. The summed E-state index contributed by atoms with van der Waals surface area (Å²) in [5, 5.41) is 6.54. The molecule has 24 heavy (non-hydrogen) atoms. The smallest absolute Gasteiger partial charge is 0.167 e. The summed E-state index contributed by atoms with van der Waals surface area (Å²) in [5.41, 5.74) is 2.00.